The molecule has 43 heavy (non-hydrogen) atoms. The molecule has 2 aliphatic rings. The molecule has 1 aromatic carbocycles. The number of aryl methyl sites for hydroxylation is 1. The van der Waals surface area contributed by atoms with Crippen LogP contribution in [0.15, 0.2) is 23.7 Å². The van der Waals surface area contributed by atoms with Crippen LogP contribution in [0.1, 0.15) is 70.6 Å². The van der Waals surface area contributed by atoms with Crippen molar-refractivity contribution in [1.82, 2.24) is 20.5 Å². The summed E-state index contributed by atoms with van der Waals surface area (Å²) in [6.45, 7) is 7.93. The third kappa shape index (κ3) is 8.33. The lowest BCUT2D eigenvalue weighted by Gasteiger charge is -2.35. The lowest BCUT2D eigenvalue weighted by molar-refractivity contribution is -0.145. The first-order chi connectivity index (χ1) is 20.3. The number of hydrogen-bond donors (Lipinski definition) is 3. The van der Waals surface area contributed by atoms with Crippen molar-refractivity contribution in [2.24, 2.45) is 5.41 Å². The number of benzene rings is 1. The summed E-state index contributed by atoms with van der Waals surface area (Å²) in [7, 11) is 0. The highest BCUT2D eigenvalue weighted by atomic mass is 79.9. The first-order valence-corrected chi connectivity index (χ1v) is 16.8. The predicted molar refractivity (Wildman–Crippen MR) is 168 cm³/mol. The van der Waals surface area contributed by atoms with E-state index in [9.17, 15) is 23.9 Å². The molecule has 3 atom stereocenters. The summed E-state index contributed by atoms with van der Waals surface area (Å²) in [5, 5.41) is 16.9. The maximum Gasteiger partial charge on any atom is 0.258 e. The molecule has 9 nitrogen and oxygen atoms in total. The Balaban J connectivity index is 1.47. The van der Waals surface area contributed by atoms with Crippen molar-refractivity contribution in [3.8, 4) is 16.2 Å². The Morgan fingerprint density at radius 1 is 1.26 bits per heavy atom. The number of carbonyl (C=O) groups excluding carboxylic acids is 3. The summed E-state index contributed by atoms with van der Waals surface area (Å²) >= 11 is 5.01. The standard InChI is InChI=1S/C31H42BrFN4O5S/c1-19-25(43-18-35-19)20-8-9-21(24(14-20)42-13-7-5-6-12-32)16-34-27(39)23-15-22(38)17-37(23)28(40)26(30(2,3)4)36-29(41)31(33)10-11-31/h8-9,14,18,22-23,26,38H,5-7,10-13,15-17H2,1-4H3,(H,34,39)(H,36,41)/t22-,23+,26-/m1/s1. The molecule has 1 aliphatic heterocycles. The second kappa shape index (κ2) is 14.0. The van der Waals surface area contributed by atoms with Gasteiger partial charge in [-0.15, -0.1) is 11.3 Å². The van der Waals surface area contributed by atoms with Crippen LogP contribution in [0.25, 0.3) is 10.4 Å². The lowest BCUT2D eigenvalue weighted by atomic mass is 9.85. The third-order valence-electron chi connectivity index (χ3n) is 7.91. The SMILES string of the molecule is Cc1ncsc1-c1ccc(CNC(=O)[C@@H]2C[C@@H](O)CN2C(=O)[C@@H](NC(=O)C2(F)CC2)C(C)(C)C)c(OCCCCCBr)c1. The van der Waals surface area contributed by atoms with Gasteiger partial charge in [-0.1, -0.05) is 48.8 Å². The maximum atomic E-state index is 14.4. The number of aromatic nitrogens is 1. The fraction of sp³-hybridized carbons (Fsp3) is 0.613. The molecule has 2 aromatic rings. The summed E-state index contributed by atoms with van der Waals surface area (Å²) < 4.78 is 20.6. The second-order valence-corrected chi connectivity index (χ2v) is 14.2. The molecule has 1 saturated heterocycles. The highest BCUT2D eigenvalue weighted by Gasteiger charge is 2.53. The van der Waals surface area contributed by atoms with E-state index in [1.165, 1.54) is 4.90 Å². The summed E-state index contributed by atoms with van der Waals surface area (Å²) in [5.41, 5.74) is 1.83. The minimum Gasteiger partial charge on any atom is -0.493 e. The minimum atomic E-state index is -1.94. The average molecular weight is 682 g/mol. The van der Waals surface area contributed by atoms with E-state index in [-0.39, 0.29) is 32.4 Å². The minimum absolute atomic E-state index is 0.0498. The zero-order valence-corrected chi connectivity index (χ0v) is 27.7. The first kappa shape index (κ1) is 33.3. The number of alkyl halides is 2. The lowest BCUT2D eigenvalue weighted by Crippen LogP contribution is -2.59. The zero-order valence-electron chi connectivity index (χ0n) is 25.3. The Bertz CT molecular complexity index is 1310. The van der Waals surface area contributed by atoms with Crippen LogP contribution in [0.5, 0.6) is 5.75 Å². The number of amides is 3. The number of halogens is 2. The summed E-state index contributed by atoms with van der Waals surface area (Å²) in [5.74, 6) is -1.07. The van der Waals surface area contributed by atoms with Crippen molar-refractivity contribution in [2.45, 2.75) is 96.6 Å². The number of hydrogen-bond acceptors (Lipinski definition) is 7. The van der Waals surface area contributed by atoms with Crippen molar-refractivity contribution < 1.29 is 28.6 Å². The normalized spacial score (nSPS) is 20.0. The number of aliphatic hydroxyl groups excluding tert-OH is 1. The number of unbranched alkanes of at least 4 members (excludes halogenated alkanes) is 2. The molecular formula is C31H42BrFN4O5S. The Kier molecular flexibility index (Phi) is 10.9. The maximum absolute atomic E-state index is 14.4. The van der Waals surface area contributed by atoms with Crippen LogP contribution in [0.2, 0.25) is 0 Å². The predicted octanol–water partition coefficient (Wildman–Crippen LogP) is 4.67. The van der Waals surface area contributed by atoms with Gasteiger partial charge in [-0.05, 0) is 56.1 Å². The van der Waals surface area contributed by atoms with Gasteiger partial charge in [-0.2, -0.15) is 0 Å². The van der Waals surface area contributed by atoms with Gasteiger partial charge in [0, 0.05) is 30.4 Å². The number of nitrogens with one attached hydrogen (secondary N) is 2. The van der Waals surface area contributed by atoms with Gasteiger partial charge in [0.15, 0.2) is 5.67 Å². The number of aliphatic hydroxyl groups is 1. The van der Waals surface area contributed by atoms with Gasteiger partial charge in [0.25, 0.3) is 5.91 Å². The van der Waals surface area contributed by atoms with Gasteiger partial charge in [-0.25, -0.2) is 9.37 Å². The molecule has 1 aliphatic carbocycles. The van der Waals surface area contributed by atoms with Gasteiger partial charge in [-0.3, -0.25) is 14.4 Å². The smallest absolute Gasteiger partial charge is 0.258 e. The Morgan fingerprint density at radius 2 is 2.00 bits per heavy atom. The molecular weight excluding hydrogens is 639 g/mol. The van der Waals surface area contributed by atoms with E-state index in [0.717, 1.165) is 46.3 Å². The van der Waals surface area contributed by atoms with E-state index in [2.05, 4.69) is 31.5 Å². The van der Waals surface area contributed by atoms with E-state index in [4.69, 9.17) is 4.74 Å². The summed E-state index contributed by atoms with van der Waals surface area (Å²) in [6.07, 6.45) is 2.41. The first-order valence-electron chi connectivity index (χ1n) is 14.8. The number of thiazole rings is 1. The molecule has 0 unspecified atom stereocenters. The van der Waals surface area contributed by atoms with Crippen molar-refractivity contribution >= 4 is 45.0 Å². The zero-order chi connectivity index (χ0) is 31.4. The van der Waals surface area contributed by atoms with Gasteiger partial charge >= 0.3 is 0 Å². The number of rotatable bonds is 13. The number of carbonyl (C=O) groups is 3. The molecule has 0 spiro atoms. The van der Waals surface area contributed by atoms with Crippen molar-refractivity contribution in [3.05, 3.63) is 35.0 Å². The summed E-state index contributed by atoms with van der Waals surface area (Å²) in [6, 6.07) is 3.88. The fourth-order valence-electron chi connectivity index (χ4n) is 5.13. The van der Waals surface area contributed by atoms with Crippen LogP contribution in [0.3, 0.4) is 0 Å². The van der Waals surface area contributed by atoms with Crippen LogP contribution in [-0.2, 0) is 20.9 Å². The van der Waals surface area contributed by atoms with Crippen LogP contribution < -0.4 is 15.4 Å². The molecule has 1 aromatic heterocycles. The van der Waals surface area contributed by atoms with Gasteiger partial charge < -0.3 is 25.4 Å². The average Bonchev–Trinajstić information content (AvgIpc) is 3.37. The van der Waals surface area contributed by atoms with Gasteiger partial charge in [0.05, 0.1) is 28.8 Å². The number of ether oxygens (including phenoxy) is 1. The number of β-amino-alcohol motifs (C(OH)–C–C–N with tert-alkyl or cyclic N) is 1. The van der Waals surface area contributed by atoms with Crippen molar-refractivity contribution in [2.75, 3.05) is 18.5 Å². The largest absolute Gasteiger partial charge is 0.493 e. The Labute approximate surface area is 265 Å². The molecule has 3 N–H and O–H groups in total. The molecule has 2 fully saturated rings. The van der Waals surface area contributed by atoms with E-state index in [0.29, 0.717) is 12.4 Å². The second-order valence-electron chi connectivity index (χ2n) is 12.5. The van der Waals surface area contributed by atoms with Gasteiger partial charge in [0.2, 0.25) is 11.8 Å². The molecule has 2 heterocycles. The topological polar surface area (TPSA) is 121 Å². The van der Waals surface area contributed by atoms with Gasteiger partial charge in [0.1, 0.15) is 17.8 Å². The molecule has 12 heteroatoms. The quantitative estimate of drug-likeness (QED) is 0.209. The molecule has 236 valence electrons. The van der Waals surface area contributed by atoms with E-state index in [1.807, 2.05) is 25.1 Å². The summed E-state index contributed by atoms with van der Waals surface area (Å²) in [4.78, 5) is 46.4. The monoisotopic (exact) mass is 680 g/mol. The van der Waals surface area contributed by atoms with Crippen LogP contribution in [0.4, 0.5) is 4.39 Å². The number of nitrogens with zero attached hydrogens (tertiary/aromatic N) is 2. The molecule has 1 saturated carbocycles. The van der Waals surface area contributed by atoms with Crippen molar-refractivity contribution in [3.63, 3.8) is 0 Å². The van der Waals surface area contributed by atoms with Crippen LogP contribution >= 0.6 is 27.3 Å². The molecule has 0 radical (unpaired) electrons. The molecule has 4 rings (SSSR count). The highest BCUT2D eigenvalue weighted by Crippen LogP contribution is 2.40. The Hall–Kier alpha value is -2.57. The molecule has 0 bridgehead atoms. The van der Waals surface area contributed by atoms with Crippen LogP contribution in [-0.4, -0.2) is 75.1 Å². The highest BCUT2D eigenvalue weighted by molar-refractivity contribution is 9.09. The fourth-order valence-corrected chi connectivity index (χ4v) is 6.33. The van der Waals surface area contributed by atoms with E-state index >= 15 is 0 Å². The van der Waals surface area contributed by atoms with Crippen LogP contribution in [0, 0.1) is 12.3 Å². The molecule has 3 amide bonds. The number of likely N-dealkylation sites (tertiary alicyclic amines) is 1. The van der Waals surface area contributed by atoms with Crippen molar-refractivity contribution in [1.29, 1.82) is 0 Å². The Morgan fingerprint density at radius 3 is 2.63 bits per heavy atom. The van der Waals surface area contributed by atoms with E-state index in [1.54, 1.807) is 37.6 Å². The van der Waals surface area contributed by atoms with E-state index < -0.39 is 47.0 Å². The third-order valence-corrected chi connectivity index (χ3v) is 9.45.